The number of likely N-dealkylation sites (tertiary alicyclic amines) is 1. The van der Waals surface area contributed by atoms with Crippen molar-refractivity contribution in [1.82, 2.24) is 10.2 Å². The average molecular weight is 510 g/mol. The molecule has 2 aromatic carbocycles. The molecule has 0 spiro atoms. The van der Waals surface area contributed by atoms with Gasteiger partial charge in [0.1, 0.15) is 17.9 Å². The topological polar surface area (TPSA) is 79.0 Å². The normalized spacial score (nSPS) is 18.8. The van der Waals surface area contributed by atoms with Crippen LogP contribution in [-0.2, 0) is 14.3 Å². The summed E-state index contributed by atoms with van der Waals surface area (Å²) in [5, 5.41) is 3.18. The average Bonchev–Trinajstić information content (AvgIpc) is 3.38. The zero-order chi connectivity index (χ0) is 26.4. The van der Waals surface area contributed by atoms with Crippen molar-refractivity contribution in [3.63, 3.8) is 0 Å². The van der Waals surface area contributed by atoms with E-state index in [1.54, 1.807) is 13.0 Å². The summed E-state index contributed by atoms with van der Waals surface area (Å²) < 4.78 is 19.7. The van der Waals surface area contributed by atoms with Crippen LogP contribution in [0.3, 0.4) is 0 Å². The molecule has 37 heavy (non-hydrogen) atoms. The Balaban J connectivity index is 1.78. The van der Waals surface area contributed by atoms with Gasteiger partial charge in [-0.15, -0.1) is 0 Å². The molecule has 1 saturated heterocycles. The standard InChI is InChI=1S/C29H36FN3O4/c1-3-37-29(36)32-18-10-17-25(32)28(35)33(23-15-9-12-21(30)19-23)26(24-16-8-7-11-20(24)2)27(34)31-22-13-5-4-6-14-22/h7-9,11-12,15-16,19,22,25-26H,3-6,10,13-14,17-18H2,1-2H3,(H,31,34)/t25-,26-/m0/s1. The summed E-state index contributed by atoms with van der Waals surface area (Å²) in [7, 11) is 0. The third-order valence-corrected chi connectivity index (χ3v) is 7.31. The van der Waals surface area contributed by atoms with Crippen molar-refractivity contribution in [2.24, 2.45) is 0 Å². The molecule has 1 N–H and O–H groups in total. The lowest BCUT2D eigenvalue weighted by molar-refractivity contribution is -0.129. The molecule has 4 rings (SSSR count). The van der Waals surface area contributed by atoms with Crippen LogP contribution in [0.5, 0.6) is 0 Å². The summed E-state index contributed by atoms with van der Waals surface area (Å²) in [6, 6.07) is 11.3. The van der Waals surface area contributed by atoms with Gasteiger partial charge in [0.05, 0.1) is 6.61 Å². The van der Waals surface area contributed by atoms with Crippen molar-refractivity contribution in [2.45, 2.75) is 76.9 Å². The highest BCUT2D eigenvalue weighted by atomic mass is 19.1. The van der Waals surface area contributed by atoms with Crippen LogP contribution in [0.15, 0.2) is 48.5 Å². The monoisotopic (exact) mass is 509 g/mol. The Labute approximate surface area is 218 Å². The van der Waals surface area contributed by atoms with Gasteiger partial charge < -0.3 is 10.1 Å². The van der Waals surface area contributed by atoms with E-state index in [1.165, 1.54) is 28.0 Å². The quantitative estimate of drug-likeness (QED) is 0.551. The van der Waals surface area contributed by atoms with Gasteiger partial charge in [-0.3, -0.25) is 19.4 Å². The van der Waals surface area contributed by atoms with Crippen LogP contribution in [0, 0.1) is 12.7 Å². The second-order valence-electron chi connectivity index (χ2n) is 9.84. The first kappa shape index (κ1) is 26.6. The van der Waals surface area contributed by atoms with Crippen LogP contribution in [-0.4, -0.2) is 48.0 Å². The number of ether oxygens (including phenoxy) is 1. The second-order valence-corrected chi connectivity index (χ2v) is 9.84. The molecular formula is C29H36FN3O4. The van der Waals surface area contributed by atoms with Gasteiger partial charge in [-0.05, 0) is 68.9 Å². The van der Waals surface area contributed by atoms with E-state index in [0.29, 0.717) is 24.9 Å². The summed E-state index contributed by atoms with van der Waals surface area (Å²) in [5.41, 5.74) is 1.77. The summed E-state index contributed by atoms with van der Waals surface area (Å²) in [5.74, 6) is -1.25. The summed E-state index contributed by atoms with van der Waals surface area (Å²) in [6.07, 6.45) is 5.53. The molecule has 0 unspecified atom stereocenters. The fourth-order valence-electron chi connectivity index (χ4n) is 5.46. The number of nitrogens with zero attached hydrogens (tertiary/aromatic N) is 2. The maximum Gasteiger partial charge on any atom is 0.410 e. The highest BCUT2D eigenvalue weighted by Gasteiger charge is 2.43. The summed E-state index contributed by atoms with van der Waals surface area (Å²) in [6.45, 7) is 4.19. The Morgan fingerprint density at radius 3 is 2.51 bits per heavy atom. The number of carbonyl (C=O) groups is 3. The number of amides is 3. The highest BCUT2D eigenvalue weighted by molar-refractivity contribution is 6.05. The number of hydrogen-bond donors (Lipinski definition) is 1. The van der Waals surface area contributed by atoms with Gasteiger partial charge in [-0.1, -0.05) is 49.6 Å². The second kappa shape index (κ2) is 12.2. The van der Waals surface area contributed by atoms with Crippen molar-refractivity contribution in [3.8, 4) is 0 Å². The Morgan fingerprint density at radius 2 is 1.81 bits per heavy atom. The van der Waals surface area contributed by atoms with Gasteiger partial charge in [-0.25, -0.2) is 9.18 Å². The molecule has 1 saturated carbocycles. The van der Waals surface area contributed by atoms with Gasteiger partial charge in [0.15, 0.2) is 0 Å². The zero-order valence-corrected chi connectivity index (χ0v) is 21.6. The van der Waals surface area contributed by atoms with Gasteiger partial charge in [0.25, 0.3) is 5.91 Å². The lowest BCUT2D eigenvalue weighted by Gasteiger charge is -2.36. The third-order valence-electron chi connectivity index (χ3n) is 7.31. The van der Waals surface area contributed by atoms with E-state index in [0.717, 1.165) is 37.7 Å². The molecule has 0 radical (unpaired) electrons. The van der Waals surface area contributed by atoms with E-state index in [-0.39, 0.29) is 24.2 Å². The van der Waals surface area contributed by atoms with E-state index in [9.17, 15) is 18.8 Å². The van der Waals surface area contributed by atoms with E-state index in [4.69, 9.17) is 4.74 Å². The molecule has 0 bridgehead atoms. The molecule has 2 atom stereocenters. The molecule has 198 valence electrons. The molecule has 2 aromatic rings. The number of aryl methyl sites for hydroxylation is 1. The fourth-order valence-corrected chi connectivity index (χ4v) is 5.46. The van der Waals surface area contributed by atoms with Crippen molar-refractivity contribution >= 4 is 23.6 Å². The van der Waals surface area contributed by atoms with Gasteiger partial charge in [0.2, 0.25) is 5.91 Å². The van der Waals surface area contributed by atoms with Gasteiger partial charge >= 0.3 is 6.09 Å². The zero-order valence-electron chi connectivity index (χ0n) is 21.6. The molecule has 1 aliphatic carbocycles. The predicted octanol–water partition coefficient (Wildman–Crippen LogP) is 5.28. The third kappa shape index (κ3) is 6.12. The van der Waals surface area contributed by atoms with Crippen LogP contribution >= 0.6 is 0 Å². The number of halogens is 1. The Morgan fingerprint density at radius 1 is 1.05 bits per heavy atom. The lowest BCUT2D eigenvalue weighted by atomic mass is 9.93. The Hall–Kier alpha value is -3.42. The number of benzene rings is 2. The minimum Gasteiger partial charge on any atom is -0.450 e. The van der Waals surface area contributed by atoms with Crippen LogP contribution in [0.25, 0.3) is 0 Å². The molecule has 1 heterocycles. The predicted molar refractivity (Wildman–Crippen MR) is 140 cm³/mol. The Kier molecular flexibility index (Phi) is 8.79. The van der Waals surface area contributed by atoms with Crippen molar-refractivity contribution in [1.29, 1.82) is 0 Å². The number of rotatable bonds is 7. The van der Waals surface area contributed by atoms with E-state index < -0.39 is 29.9 Å². The number of anilines is 1. The fraction of sp³-hybridized carbons (Fsp3) is 0.483. The van der Waals surface area contributed by atoms with E-state index >= 15 is 0 Å². The van der Waals surface area contributed by atoms with Crippen LogP contribution in [0.1, 0.15) is 69.0 Å². The first-order valence-electron chi connectivity index (χ1n) is 13.3. The molecule has 1 aliphatic heterocycles. The first-order valence-corrected chi connectivity index (χ1v) is 13.3. The summed E-state index contributed by atoms with van der Waals surface area (Å²) >= 11 is 0. The molecule has 8 heteroatoms. The molecule has 3 amide bonds. The number of nitrogens with one attached hydrogen (secondary N) is 1. The van der Waals surface area contributed by atoms with Gasteiger partial charge in [-0.2, -0.15) is 0 Å². The maximum atomic E-state index is 14.5. The molecular weight excluding hydrogens is 473 g/mol. The van der Waals surface area contributed by atoms with Crippen LogP contribution in [0.2, 0.25) is 0 Å². The minimum absolute atomic E-state index is 0.0275. The van der Waals surface area contributed by atoms with E-state index in [2.05, 4.69) is 5.32 Å². The van der Waals surface area contributed by atoms with Crippen molar-refractivity contribution in [3.05, 3.63) is 65.5 Å². The SMILES string of the molecule is CCOC(=O)N1CCC[C@H]1C(=O)N(c1cccc(F)c1)[C@H](C(=O)NC1CCCCC1)c1ccccc1C. The molecule has 2 aliphatic rings. The van der Waals surface area contributed by atoms with Crippen molar-refractivity contribution in [2.75, 3.05) is 18.1 Å². The minimum atomic E-state index is -1.03. The number of hydrogen-bond acceptors (Lipinski definition) is 4. The number of carbonyl (C=O) groups excluding carboxylic acids is 3. The lowest BCUT2D eigenvalue weighted by Crippen LogP contribution is -2.53. The van der Waals surface area contributed by atoms with E-state index in [1.807, 2.05) is 31.2 Å². The van der Waals surface area contributed by atoms with Gasteiger partial charge in [0, 0.05) is 18.3 Å². The van der Waals surface area contributed by atoms with Crippen molar-refractivity contribution < 1.29 is 23.5 Å². The Bertz CT molecular complexity index is 1120. The molecule has 2 fully saturated rings. The van der Waals surface area contributed by atoms with Crippen LogP contribution in [0.4, 0.5) is 14.9 Å². The van der Waals surface area contributed by atoms with Crippen LogP contribution < -0.4 is 10.2 Å². The molecule has 7 nitrogen and oxygen atoms in total. The first-order chi connectivity index (χ1) is 17.9. The summed E-state index contributed by atoms with van der Waals surface area (Å²) in [4.78, 5) is 43.7. The molecule has 0 aromatic heterocycles. The largest absolute Gasteiger partial charge is 0.450 e. The smallest absolute Gasteiger partial charge is 0.410 e. The highest BCUT2D eigenvalue weighted by Crippen LogP contribution is 2.34. The maximum absolute atomic E-state index is 14.5.